The predicted molar refractivity (Wildman–Crippen MR) is 122 cm³/mol. The zero-order valence-electron chi connectivity index (χ0n) is 17.8. The van der Waals surface area contributed by atoms with Crippen molar-refractivity contribution in [2.24, 2.45) is 0 Å². The maximum absolute atomic E-state index is 13.0. The SMILES string of the molecule is Cc1cc(C)c(C(=O)N[C@@H](Cc2cccc(Cl)c2)C(=O)NCc2ccc(N)nc2C)[nH]1. The fraction of sp³-hybridized carbons (Fsp3) is 0.261. The number of carbonyl (C=O) groups is 2. The van der Waals surface area contributed by atoms with Gasteiger partial charge in [0.25, 0.3) is 5.91 Å². The Balaban J connectivity index is 1.77. The minimum Gasteiger partial charge on any atom is -0.384 e. The molecule has 0 spiro atoms. The van der Waals surface area contributed by atoms with E-state index in [9.17, 15) is 9.59 Å². The van der Waals surface area contributed by atoms with E-state index < -0.39 is 6.04 Å². The molecule has 0 aliphatic carbocycles. The van der Waals surface area contributed by atoms with Crippen LogP contribution in [-0.4, -0.2) is 27.8 Å². The smallest absolute Gasteiger partial charge is 0.268 e. The van der Waals surface area contributed by atoms with Crippen LogP contribution in [0.15, 0.2) is 42.5 Å². The Hall–Kier alpha value is -3.32. The van der Waals surface area contributed by atoms with Crippen molar-refractivity contribution < 1.29 is 9.59 Å². The molecule has 1 atom stereocenters. The number of hydrogen-bond donors (Lipinski definition) is 4. The Bertz CT molecular complexity index is 1110. The molecule has 0 unspecified atom stereocenters. The van der Waals surface area contributed by atoms with Gasteiger partial charge in [0.1, 0.15) is 17.6 Å². The van der Waals surface area contributed by atoms with Crippen LogP contribution in [0.25, 0.3) is 0 Å². The zero-order valence-corrected chi connectivity index (χ0v) is 18.5. The van der Waals surface area contributed by atoms with Gasteiger partial charge in [-0.05, 0) is 61.7 Å². The molecule has 3 rings (SSSR count). The van der Waals surface area contributed by atoms with Crippen molar-refractivity contribution in [3.63, 3.8) is 0 Å². The van der Waals surface area contributed by atoms with Crippen molar-refractivity contribution in [2.75, 3.05) is 5.73 Å². The normalized spacial score (nSPS) is 11.7. The molecule has 162 valence electrons. The molecule has 2 amide bonds. The minimum atomic E-state index is -0.781. The van der Waals surface area contributed by atoms with Gasteiger partial charge in [0, 0.05) is 29.4 Å². The fourth-order valence-corrected chi connectivity index (χ4v) is 3.62. The lowest BCUT2D eigenvalue weighted by Gasteiger charge is -2.19. The molecule has 2 aromatic heterocycles. The summed E-state index contributed by atoms with van der Waals surface area (Å²) in [4.78, 5) is 33.1. The number of nitrogens with two attached hydrogens (primary N) is 1. The maximum Gasteiger partial charge on any atom is 0.268 e. The number of benzene rings is 1. The minimum absolute atomic E-state index is 0.278. The van der Waals surface area contributed by atoms with E-state index in [4.69, 9.17) is 17.3 Å². The van der Waals surface area contributed by atoms with E-state index in [0.717, 1.165) is 28.1 Å². The Kier molecular flexibility index (Phi) is 6.97. The highest BCUT2D eigenvalue weighted by Crippen LogP contribution is 2.14. The van der Waals surface area contributed by atoms with Gasteiger partial charge in [-0.3, -0.25) is 9.59 Å². The standard InChI is InChI=1S/C23H26ClN5O2/c1-13-9-14(2)27-21(13)23(31)29-19(11-16-5-4-6-18(24)10-16)22(30)26-12-17-7-8-20(25)28-15(17)3/h4-10,19,27H,11-12H2,1-3H3,(H2,25,28)(H,26,30)(H,29,31)/t19-/m0/s1. The summed E-state index contributed by atoms with van der Waals surface area (Å²) in [7, 11) is 0. The van der Waals surface area contributed by atoms with E-state index in [1.165, 1.54) is 0 Å². The molecular formula is C23H26ClN5O2. The zero-order chi connectivity index (χ0) is 22.5. The van der Waals surface area contributed by atoms with Gasteiger partial charge in [0.05, 0.1) is 0 Å². The highest BCUT2D eigenvalue weighted by molar-refractivity contribution is 6.30. The van der Waals surface area contributed by atoms with Crippen molar-refractivity contribution in [2.45, 2.75) is 39.8 Å². The van der Waals surface area contributed by atoms with Gasteiger partial charge in [-0.1, -0.05) is 29.8 Å². The highest BCUT2D eigenvalue weighted by Gasteiger charge is 2.23. The maximum atomic E-state index is 13.0. The molecule has 2 heterocycles. The second-order valence-corrected chi connectivity index (χ2v) is 8.01. The number of rotatable bonds is 7. The number of aromatic amines is 1. The first-order valence-electron chi connectivity index (χ1n) is 9.94. The van der Waals surface area contributed by atoms with Gasteiger partial charge >= 0.3 is 0 Å². The largest absolute Gasteiger partial charge is 0.384 e. The van der Waals surface area contributed by atoms with E-state index in [1.54, 1.807) is 18.2 Å². The van der Waals surface area contributed by atoms with Crippen LogP contribution in [0.1, 0.15) is 38.6 Å². The molecule has 0 bridgehead atoms. The third-order valence-electron chi connectivity index (χ3n) is 5.00. The van der Waals surface area contributed by atoms with Crippen molar-refractivity contribution >= 4 is 29.2 Å². The van der Waals surface area contributed by atoms with Crippen molar-refractivity contribution in [1.82, 2.24) is 20.6 Å². The van der Waals surface area contributed by atoms with Gasteiger partial charge in [0.2, 0.25) is 5.91 Å². The monoisotopic (exact) mass is 439 g/mol. The fourth-order valence-electron chi connectivity index (χ4n) is 3.41. The average Bonchev–Trinajstić information content (AvgIpc) is 3.04. The van der Waals surface area contributed by atoms with Crippen LogP contribution in [0.2, 0.25) is 5.02 Å². The molecule has 0 aliphatic rings. The number of nitrogen functional groups attached to an aromatic ring is 1. The second kappa shape index (κ2) is 9.66. The van der Waals surface area contributed by atoms with Crippen LogP contribution in [0, 0.1) is 20.8 Å². The second-order valence-electron chi connectivity index (χ2n) is 7.57. The van der Waals surface area contributed by atoms with Gasteiger partial charge in [0.15, 0.2) is 0 Å². The molecule has 0 radical (unpaired) electrons. The van der Waals surface area contributed by atoms with Gasteiger partial charge in [-0.15, -0.1) is 0 Å². The molecule has 8 heteroatoms. The number of halogens is 1. The van der Waals surface area contributed by atoms with Gasteiger partial charge < -0.3 is 21.4 Å². The number of nitrogens with one attached hydrogen (secondary N) is 3. The van der Waals surface area contributed by atoms with Gasteiger partial charge in [-0.25, -0.2) is 4.98 Å². The Morgan fingerprint density at radius 2 is 1.94 bits per heavy atom. The Labute approximate surface area is 186 Å². The Morgan fingerprint density at radius 3 is 2.58 bits per heavy atom. The Morgan fingerprint density at radius 1 is 1.16 bits per heavy atom. The number of nitrogens with zero attached hydrogens (tertiary/aromatic N) is 1. The van der Waals surface area contributed by atoms with Crippen LogP contribution in [0.3, 0.4) is 0 Å². The summed E-state index contributed by atoms with van der Waals surface area (Å²) in [5.41, 5.74) is 10.3. The van der Waals surface area contributed by atoms with Crippen molar-refractivity contribution in [3.8, 4) is 0 Å². The molecule has 0 aliphatic heterocycles. The van der Waals surface area contributed by atoms with E-state index >= 15 is 0 Å². The summed E-state index contributed by atoms with van der Waals surface area (Å²) < 4.78 is 0. The van der Waals surface area contributed by atoms with E-state index in [-0.39, 0.29) is 18.4 Å². The molecular weight excluding hydrogens is 414 g/mol. The first-order valence-corrected chi connectivity index (χ1v) is 10.3. The number of amides is 2. The molecule has 7 nitrogen and oxygen atoms in total. The summed E-state index contributed by atoms with van der Waals surface area (Å²) in [5.74, 6) is -0.209. The summed E-state index contributed by atoms with van der Waals surface area (Å²) >= 11 is 6.09. The molecule has 0 saturated heterocycles. The first-order chi connectivity index (χ1) is 14.7. The van der Waals surface area contributed by atoms with Crippen molar-refractivity contribution in [1.29, 1.82) is 0 Å². The van der Waals surface area contributed by atoms with Gasteiger partial charge in [-0.2, -0.15) is 0 Å². The lowest BCUT2D eigenvalue weighted by Crippen LogP contribution is -2.48. The topological polar surface area (TPSA) is 113 Å². The number of anilines is 1. The molecule has 5 N–H and O–H groups in total. The van der Waals surface area contributed by atoms with E-state index in [0.29, 0.717) is 23.0 Å². The predicted octanol–water partition coefficient (Wildman–Crippen LogP) is 3.23. The summed E-state index contributed by atoms with van der Waals surface area (Å²) in [6.45, 7) is 5.84. The van der Waals surface area contributed by atoms with Crippen LogP contribution < -0.4 is 16.4 Å². The summed E-state index contributed by atoms with van der Waals surface area (Å²) in [6.07, 6.45) is 0.301. The molecule has 0 fully saturated rings. The van der Waals surface area contributed by atoms with E-state index in [2.05, 4.69) is 20.6 Å². The molecule has 31 heavy (non-hydrogen) atoms. The number of aromatic nitrogens is 2. The number of H-pyrrole nitrogens is 1. The first kappa shape index (κ1) is 22.4. The lowest BCUT2D eigenvalue weighted by molar-refractivity contribution is -0.123. The number of carbonyl (C=O) groups excluding carboxylic acids is 2. The average molecular weight is 440 g/mol. The van der Waals surface area contributed by atoms with Crippen LogP contribution >= 0.6 is 11.6 Å². The highest BCUT2D eigenvalue weighted by atomic mass is 35.5. The van der Waals surface area contributed by atoms with Crippen molar-refractivity contribution in [3.05, 3.63) is 81.3 Å². The molecule has 3 aromatic rings. The van der Waals surface area contributed by atoms with E-state index in [1.807, 2.05) is 45.0 Å². The van der Waals surface area contributed by atoms with Crippen LogP contribution in [0.4, 0.5) is 5.82 Å². The van der Waals surface area contributed by atoms with Crippen LogP contribution in [0.5, 0.6) is 0 Å². The number of hydrogen-bond acceptors (Lipinski definition) is 4. The quantitative estimate of drug-likeness (QED) is 0.452. The van der Waals surface area contributed by atoms with Crippen LogP contribution in [-0.2, 0) is 17.8 Å². The third kappa shape index (κ3) is 5.86. The number of aryl methyl sites for hydroxylation is 3. The summed E-state index contributed by atoms with van der Waals surface area (Å²) in [5, 5.41) is 6.32. The lowest BCUT2D eigenvalue weighted by atomic mass is 10.0. The third-order valence-corrected chi connectivity index (χ3v) is 5.23. The molecule has 1 aromatic carbocycles. The molecule has 0 saturated carbocycles. The summed E-state index contributed by atoms with van der Waals surface area (Å²) in [6, 6.07) is 11.9. The number of pyridine rings is 1.